The molecular weight excluding hydrogens is 641 g/mol. The molecule has 0 aliphatic carbocycles. The molecule has 0 saturated carbocycles. The third-order valence-corrected chi connectivity index (χ3v) is 10.9. The van der Waals surface area contributed by atoms with Gasteiger partial charge in [0.2, 0.25) is 21.7 Å². The van der Waals surface area contributed by atoms with Gasteiger partial charge in [0.1, 0.15) is 10.5 Å². The normalized spacial score (nSPS) is 18.8. The lowest BCUT2D eigenvalue weighted by Crippen LogP contribution is -2.50. The van der Waals surface area contributed by atoms with Gasteiger partial charge in [-0.05, 0) is 68.1 Å². The van der Waals surface area contributed by atoms with E-state index in [1.165, 1.54) is 54.9 Å². The van der Waals surface area contributed by atoms with Crippen molar-refractivity contribution in [2.24, 2.45) is 5.41 Å². The highest BCUT2D eigenvalue weighted by molar-refractivity contribution is 7.89. The van der Waals surface area contributed by atoms with Gasteiger partial charge >= 0.3 is 12.1 Å². The zero-order valence-corrected chi connectivity index (χ0v) is 26.9. The average Bonchev–Trinajstić information content (AvgIpc) is 3.43. The first kappa shape index (κ1) is 32.8. The summed E-state index contributed by atoms with van der Waals surface area (Å²) >= 11 is 0. The van der Waals surface area contributed by atoms with Gasteiger partial charge in [-0.25, -0.2) is 13.4 Å². The van der Waals surface area contributed by atoms with Gasteiger partial charge in [0, 0.05) is 49.6 Å². The number of rotatable bonds is 6. The second-order valence-electron chi connectivity index (χ2n) is 12.6. The lowest BCUT2D eigenvalue weighted by molar-refractivity contribution is -0.147. The van der Waals surface area contributed by atoms with E-state index in [4.69, 9.17) is 9.47 Å². The minimum absolute atomic E-state index is 0.0208. The zero-order chi connectivity index (χ0) is 33.9. The number of nitrogens with zero attached hydrogens (tertiary/aromatic N) is 6. The lowest BCUT2D eigenvalue weighted by Gasteiger charge is -2.38. The van der Waals surface area contributed by atoms with Crippen molar-refractivity contribution >= 4 is 21.6 Å². The van der Waals surface area contributed by atoms with Crippen molar-refractivity contribution in [3.63, 3.8) is 0 Å². The molecule has 1 spiro atoms. The van der Waals surface area contributed by atoms with E-state index in [1.807, 2.05) is 0 Å². The highest BCUT2D eigenvalue weighted by Crippen LogP contribution is 2.44. The summed E-state index contributed by atoms with van der Waals surface area (Å²) in [6, 6.07) is 6.13. The second kappa shape index (κ2) is 11.5. The van der Waals surface area contributed by atoms with Crippen LogP contribution in [0, 0.1) is 19.3 Å². The molecule has 1 saturated heterocycles. The van der Waals surface area contributed by atoms with E-state index in [0.29, 0.717) is 54.0 Å². The number of aliphatic carboxylic acids is 1. The van der Waals surface area contributed by atoms with Crippen LogP contribution in [-0.2, 0) is 32.3 Å². The van der Waals surface area contributed by atoms with E-state index in [1.54, 1.807) is 19.9 Å². The Morgan fingerprint density at radius 3 is 2.53 bits per heavy atom. The number of carboxylic acid groups (broad SMARTS) is 1. The molecule has 1 fully saturated rings. The number of aryl methyl sites for hydroxylation is 2. The molecular formula is C31H33F3N6O6S. The number of pyridine rings is 3. The van der Waals surface area contributed by atoms with Crippen LogP contribution in [0.3, 0.4) is 0 Å². The van der Waals surface area contributed by atoms with Gasteiger partial charge in [0.05, 0.1) is 25.2 Å². The Kier molecular flexibility index (Phi) is 8.04. The van der Waals surface area contributed by atoms with Crippen molar-refractivity contribution in [1.29, 1.82) is 0 Å². The number of ether oxygens (including phenoxy) is 2. The molecule has 12 nitrogen and oxygen atoms in total. The third-order valence-electron chi connectivity index (χ3n) is 9.13. The highest BCUT2D eigenvalue weighted by atomic mass is 32.2. The van der Waals surface area contributed by atoms with Crippen LogP contribution in [0.4, 0.5) is 13.2 Å². The maximum atomic E-state index is 14.1. The molecule has 0 bridgehead atoms. The minimum atomic E-state index is -4.75. The third kappa shape index (κ3) is 5.71. The largest absolute Gasteiger partial charge is 0.481 e. The number of halogens is 3. The van der Waals surface area contributed by atoms with Gasteiger partial charge in [-0.2, -0.15) is 17.5 Å². The number of aromatic nitrogens is 5. The summed E-state index contributed by atoms with van der Waals surface area (Å²) in [5.74, 6) is -3.24. The van der Waals surface area contributed by atoms with Crippen LogP contribution in [0.5, 0.6) is 5.88 Å². The minimum Gasteiger partial charge on any atom is -0.481 e. The Morgan fingerprint density at radius 2 is 1.85 bits per heavy atom. The van der Waals surface area contributed by atoms with Gasteiger partial charge < -0.3 is 14.6 Å². The number of sulfonamides is 1. The van der Waals surface area contributed by atoms with E-state index >= 15 is 0 Å². The Hall–Kier alpha value is -4.15. The van der Waals surface area contributed by atoms with E-state index in [9.17, 15) is 31.5 Å². The molecule has 250 valence electrons. The SMILES string of the molecule is Cc1ncc([C@H](c2ccn3c(C(F)(F)F)nnc3c2C)C(C)(C)C(=O)O)cc1CN1CC2(CCOCC2)Oc2ncccc2S1(=O)=O. The maximum absolute atomic E-state index is 14.1. The van der Waals surface area contributed by atoms with Crippen LogP contribution in [0.15, 0.2) is 47.8 Å². The predicted octanol–water partition coefficient (Wildman–Crippen LogP) is 4.53. The quantitative estimate of drug-likeness (QED) is 0.309. The summed E-state index contributed by atoms with van der Waals surface area (Å²) in [6.07, 6.45) is 0.310. The number of hydrogen-bond donors (Lipinski definition) is 1. The highest BCUT2D eigenvalue weighted by Gasteiger charge is 2.46. The first-order valence-electron chi connectivity index (χ1n) is 14.9. The summed E-state index contributed by atoms with van der Waals surface area (Å²) in [7, 11) is -4.10. The predicted molar refractivity (Wildman–Crippen MR) is 160 cm³/mol. The molecule has 0 aromatic carbocycles. The fourth-order valence-corrected chi connectivity index (χ4v) is 7.95. The molecule has 2 aliphatic rings. The molecule has 16 heteroatoms. The summed E-state index contributed by atoms with van der Waals surface area (Å²) in [5, 5.41) is 17.5. The molecule has 47 heavy (non-hydrogen) atoms. The molecule has 2 aliphatic heterocycles. The van der Waals surface area contributed by atoms with Crippen LogP contribution >= 0.6 is 0 Å². The van der Waals surface area contributed by atoms with Gasteiger partial charge in [0.25, 0.3) is 0 Å². The van der Waals surface area contributed by atoms with E-state index in [0.717, 1.165) is 4.40 Å². The Morgan fingerprint density at radius 1 is 1.13 bits per heavy atom. The summed E-state index contributed by atoms with van der Waals surface area (Å²) in [4.78, 5) is 21.4. The van der Waals surface area contributed by atoms with Gasteiger partial charge in [-0.1, -0.05) is 6.07 Å². The molecule has 4 aromatic rings. The lowest BCUT2D eigenvalue weighted by atomic mass is 9.70. The van der Waals surface area contributed by atoms with Crippen molar-refractivity contribution < 1.29 is 41.0 Å². The number of fused-ring (bicyclic) bond motifs is 2. The van der Waals surface area contributed by atoms with Crippen molar-refractivity contribution in [2.45, 2.75) is 69.7 Å². The molecule has 1 atom stereocenters. The van der Waals surface area contributed by atoms with Crippen LogP contribution in [0.1, 0.15) is 66.4 Å². The standard InChI is InChI=1S/C31H33F3N6O6S/c1-18-22(7-11-40-25(18)37-38-27(40)31(32,33)34)24(29(3,4)28(41)42)20-14-21(19(2)36-15-20)16-39-17-30(8-12-45-13-9-30)46-26-23(47(39,43)44)6-5-10-35-26/h5-7,10-11,14-15,24H,8-9,12-13,16-17H2,1-4H3,(H,41,42)/t24-/m1/s1. The van der Waals surface area contributed by atoms with Crippen molar-refractivity contribution in [1.82, 2.24) is 28.9 Å². The van der Waals surface area contributed by atoms with E-state index < -0.39 is 44.9 Å². The Labute approximate surface area is 268 Å². The summed E-state index contributed by atoms with van der Waals surface area (Å²) < 4.78 is 82.9. The van der Waals surface area contributed by atoms with Crippen LogP contribution < -0.4 is 4.74 Å². The first-order chi connectivity index (χ1) is 22.0. The van der Waals surface area contributed by atoms with Crippen LogP contribution in [0.25, 0.3) is 5.65 Å². The van der Waals surface area contributed by atoms with Crippen molar-refractivity contribution in [3.05, 3.63) is 76.6 Å². The molecule has 0 unspecified atom stereocenters. The number of hydrogen-bond acceptors (Lipinski definition) is 9. The molecule has 6 heterocycles. The van der Waals surface area contributed by atoms with Gasteiger partial charge in [0.15, 0.2) is 5.65 Å². The molecule has 1 N–H and O–H groups in total. The van der Waals surface area contributed by atoms with E-state index in [2.05, 4.69) is 20.2 Å². The zero-order valence-electron chi connectivity index (χ0n) is 26.1. The molecule has 0 amide bonds. The maximum Gasteiger partial charge on any atom is 0.452 e. The van der Waals surface area contributed by atoms with Crippen molar-refractivity contribution in [2.75, 3.05) is 19.8 Å². The van der Waals surface area contributed by atoms with Crippen molar-refractivity contribution in [3.8, 4) is 5.88 Å². The van der Waals surface area contributed by atoms with Crippen LogP contribution in [0.2, 0.25) is 0 Å². The summed E-state index contributed by atoms with van der Waals surface area (Å²) in [5.41, 5.74) is -0.214. The fraction of sp³-hybridized carbons (Fsp3) is 0.452. The fourth-order valence-electron chi connectivity index (χ4n) is 6.39. The number of carboxylic acids is 1. The second-order valence-corrected chi connectivity index (χ2v) is 14.5. The Bertz CT molecular complexity index is 1970. The number of carbonyl (C=O) groups is 1. The summed E-state index contributed by atoms with van der Waals surface area (Å²) in [6.45, 7) is 7.02. The molecule has 0 radical (unpaired) electrons. The monoisotopic (exact) mass is 674 g/mol. The average molecular weight is 675 g/mol. The molecule has 4 aromatic heterocycles. The smallest absolute Gasteiger partial charge is 0.452 e. The molecule has 6 rings (SSSR count). The Balaban J connectivity index is 1.46. The van der Waals surface area contributed by atoms with E-state index in [-0.39, 0.29) is 29.5 Å². The van der Waals surface area contributed by atoms with Crippen LogP contribution in [-0.4, -0.2) is 73.7 Å². The topological polar surface area (TPSA) is 149 Å². The number of alkyl halides is 3. The first-order valence-corrected chi connectivity index (χ1v) is 16.3. The van der Waals surface area contributed by atoms with Gasteiger partial charge in [-0.15, -0.1) is 10.2 Å². The van der Waals surface area contributed by atoms with Gasteiger partial charge in [-0.3, -0.25) is 14.2 Å².